The summed E-state index contributed by atoms with van der Waals surface area (Å²) in [5.74, 6) is 3.05. The van der Waals surface area contributed by atoms with E-state index in [4.69, 9.17) is 4.52 Å². The van der Waals surface area contributed by atoms with Crippen LogP contribution in [0.4, 0.5) is 0 Å². The van der Waals surface area contributed by atoms with Crippen LogP contribution in [0.15, 0.2) is 4.52 Å². The molecule has 1 atom stereocenters. The quantitative estimate of drug-likeness (QED) is 0.807. The zero-order valence-electron chi connectivity index (χ0n) is 11.9. The summed E-state index contributed by atoms with van der Waals surface area (Å²) in [5.41, 5.74) is 0. The van der Waals surface area contributed by atoms with Crippen LogP contribution in [0.5, 0.6) is 0 Å². The maximum Gasteiger partial charge on any atom is 0.226 e. The second-order valence-corrected chi connectivity index (χ2v) is 5.85. The highest BCUT2D eigenvalue weighted by molar-refractivity contribution is 4.88. The molecular formula is C14H25N3O. The molecule has 0 radical (unpaired) electrons. The fourth-order valence-electron chi connectivity index (χ4n) is 2.61. The van der Waals surface area contributed by atoms with Crippen molar-refractivity contribution >= 4 is 0 Å². The number of hydrogen-bond donors (Lipinski definition) is 0. The van der Waals surface area contributed by atoms with E-state index < -0.39 is 0 Å². The maximum atomic E-state index is 5.28. The largest absolute Gasteiger partial charge is 0.339 e. The Labute approximate surface area is 110 Å². The van der Waals surface area contributed by atoms with Crippen molar-refractivity contribution in [2.24, 2.45) is 11.8 Å². The van der Waals surface area contributed by atoms with E-state index in [1.54, 1.807) is 0 Å². The predicted molar refractivity (Wildman–Crippen MR) is 71.1 cm³/mol. The van der Waals surface area contributed by atoms with Crippen LogP contribution in [0, 0.1) is 11.8 Å². The molecule has 0 aromatic carbocycles. The molecule has 0 aliphatic carbocycles. The highest BCUT2D eigenvalue weighted by Gasteiger charge is 2.20. The Hall–Kier alpha value is -0.900. The van der Waals surface area contributed by atoms with Crippen molar-refractivity contribution in [2.45, 2.75) is 53.0 Å². The normalized spacial score (nSPS) is 21.7. The number of piperidine rings is 1. The first-order valence-electron chi connectivity index (χ1n) is 7.21. The topological polar surface area (TPSA) is 42.2 Å². The Balaban J connectivity index is 1.86. The third kappa shape index (κ3) is 3.80. The summed E-state index contributed by atoms with van der Waals surface area (Å²) in [4.78, 5) is 6.94. The van der Waals surface area contributed by atoms with Crippen LogP contribution in [-0.2, 0) is 13.0 Å². The molecule has 4 heteroatoms. The third-order valence-electron chi connectivity index (χ3n) is 3.64. The van der Waals surface area contributed by atoms with Crippen LogP contribution in [0.2, 0.25) is 0 Å². The van der Waals surface area contributed by atoms with Crippen LogP contribution < -0.4 is 0 Å². The van der Waals surface area contributed by atoms with Crippen LogP contribution in [0.1, 0.15) is 51.7 Å². The summed E-state index contributed by atoms with van der Waals surface area (Å²) < 4.78 is 5.28. The van der Waals surface area contributed by atoms with Gasteiger partial charge in [0.25, 0.3) is 0 Å². The molecule has 0 amide bonds. The molecule has 1 fully saturated rings. The molecule has 0 spiro atoms. The number of aromatic nitrogens is 2. The van der Waals surface area contributed by atoms with Crippen LogP contribution >= 0.6 is 0 Å². The highest BCUT2D eigenvalue weighted by atomic mass is 16.5. The van der Waals surface area contributed by atoms with Gasteiger partial charge < -0.3 is 4.52 Å². The highest BCUT2D eigenvalue weighted by Crippen LogP contribution is 2.20. The molecular weight excluding hydrogens is 226 g/mol. The molecule has 2 rings (SSSR count). The molecule has 1 aliphatic rings. The van der Waals surface area contributed by atoms with E-state index in [1.165, 1.54) is 32.4 Å². The van der Waals surface area contributed by atoms with Gasteiger partial charge in [0.1, 0.15) is 0 Å². The van der Waals surface area contributed by atoms with E-state index in [0.29, 0.717) is 5.92 Å². The van der Waals surface area contributed by atoms with Gasteiger partial charge in [0, 0.05) is 13.0 Å². The van der Waals surface area contributed by atoms with Gasteiger partial charge in [-0.15, -0.1) is 0 Å². The Bertz CT molecular complexity index is 362. The zero-order valence-corrected chi connectivity index (χ0v) is 11.9. The minimum atomic E-state index is 0.567. The van der Waals surface area contributed by atoms with Crippen molar-refractivity contribution in [3.05, 3.63) is 11.7 Å². The van der Waals surface area contributed by atoms with Gasteiger partial charge in [0.05, 0.1) is 6.54 Å². The fourth-order valence-corrected chi connectivity index (χ4v) is 2.61. The Morgan fingerprint density at radius 3 is 3.00 bits per heavy atom. The van der Waals surface area contributed by atoms with Crippen molar-refractivity contribution in [3.63, 3.8) is 0 Å². The van der Waals surface area contributed by atoms with E-state index in [0.717, 1.165) is 30.6 Å². The second-order valence-electron chi connectivity index (χ2n) is 5.85. The van der Waals surface area contributed by atoms with Crippen molar-refractivity contribution < 1.29 is 4.52 Å². The Morgan fingerprint density at radius 1 is 1.44 bits per heavy atom. The molecule has 0 unspecified atom stereocenters. The second kappa shape index (κ2) is 6.32. The minimum Gasteiger partial charge on any atom is -0.339 e. The van der Waals surface area contributed by atoms with Gasteiger partial charge in [-0.2, -0.15) is 4.98 Å². The first-order valence-corrected chi connectivity index (χ1v) is 7.21. The van der Waals surface area contributed by atoms with Crippen LogP contribution in [-0.4, -0.2) is 28.1 Å². The van der Waals surface area contributed by atoms with E-state index in [9.17, 15) is 0 Å². The predicted octanol–water partition coefficient (Wildman–Crippen LogP) is 2.89. The maximum absolute atomic E-state index is 5.28. The van der Waals surface area contributed by atoms with E-state index in [-0.39, 0.29) is 0 Å². The average Bonchev–Trinajstić information content (AvgIpc) is 2.76. The lowest BCUT2D eigenvalue weighted by Gasteiger charge is -2.31. The van der Waals surface area contributed by atoms with Crippen molar-refractivity contribution in [3.8, 4) is 0 Å². The van der Waals surface area contributed by atoms with Gasteiger partial charge in [-0.25, -0.2) is 0 Å². The fraction of sp³-hybridized carbons (Fsp3) is 0.857. The molecule has 0 saturated carbocycles. The van der Waals surface area contributed by atoms with E-state index in [1.807, 2.05) is 0 Å². The summed E-state index contributed by atoms with van der Waals surface area (Å²) in [5, 5.41) is 4.09. The lowest BCUT2D eigenvalue weighted by atomic mass is 9.96. The molecule has 1 aliphatic heterocycles. The molecule has 102 valence electrons. The van der Waals surface area contributed by atoms with Gasteiger partial charge in [0.15, 0.2) is 5.82 Å². The summed E-state index contributed by atoms with van der Waals surface area (Å²) in [6, 6.07) is 0. The summed E-state index contributed by atoms with van der Waals surface area (Å²) >= 11 is 0. The molecule has 4 nitrogen and oxygen atoms in total. The number of likely N-dealkylation sites (tertiary alicyclic amines) is 1. The molecule has 18 heavy (non-hydrogen) atoms. The standard InChI is InChI=1S/C14H25N3O/c1-4-12-6-5-7-17(9-12)10-13-15-14(18-16-13)8-11(2)3/h11-12H,4-10H2,1-3H3/t12-/m1/s1. The van der Waals surface area contributed by atoms with Crippen LogP contribution in [0.25, 0.3) is 0 Å². The summed E-state index contributed by atoms with van der Waals surface area (Å²) in [6.07, 6.45) is 4.83. The lowest BCUT2D eigenvalue weighted by Crippen LogP contribution is -2.34. The van der Waals surface area contributed by atoms with Gasteiger partial charge in [0.2, 0.25) is 5.89 Å². The third-order valence-corrected chi connectivity index (χ3v) is 3.64. The van der Waals surface area contributed by atoms with E-state index >= 15 is 0 Å². The summed E-state index contributed by atoms with van der Waals surface area (Å²) in [7, 11) is 0. The van der Waals surface area contributed by atoms with E-state index in [2.05, 4.69) is 35.8 Å². The number of hydrogen-bond acceptors (Lipinski definition) is 4. The SMILES string of the molecule is CC[C@@H]1CCCN(Cc2noc(CC(C)C)n2)C1. The lowest BCUT2D eigenvalue weighted by molar-refractivity contribution is 0.160. The molecule has 1 aromatic rings. The molecule has 2 heterocycles. The summed E-state index contributed by atoms with van der Waals surface area (Å²) in [6.45, 7) is 9.82. The first-order chi connectivity index (χ1) is 8.67. The van der Waals surface area contributed by atoms with Crippen molar-refractivity contribution in [1.29, 1.82) is 0 Å². The Kier molecular flexibility index (Phi) is 4.75. The smallest absolute Gasteiger partial charge is 0.226 e. The first kappa shape index (κ1) is 13.5. The molecule has 1 saturated heterocycles. The van der Waals surface area contributed by atoms with Gasteiger partial charge >= 0.3 is 0 Å². The van der Waals surface area contributed by atoms with Gasteiger partial charge in [-0.1, -0.05) is 32.3 Å². The van der Waals surface area contributed by atoms with Crippen LogP contribution in [0.3, 0.4) is 0 Å². The molecule has 0 bridgehead atoms. The van der Waals surface area contributed by atoms with Gasteiger partial charge in [-0.05, 0) is 31.2 Å². The Morgan fingerprint density at radius 2 is 2.28 bits per heavy atom. The molecule has 1 aromatic heterocycles. The monoisotopic (exact) mass is 251 g/mol. The van der Waals surface area contributed by atoms with Crippen molar-refractivity contribution in [1.82, 2.24) is 15.0 Å². The number of nitrogens with zero attached hydrogens (tertiary/aromatic N) is 3. The number of rotatable bonds is 5. The van der Waals surface area contributed by atoms with Gasteiger partial charge in [-0.3, -0.25) is 4.90 Å². The average molecular weight is 251 g/mol. The zero-order chi connectivity index (χ0) is 13.0. The minimum absolute atomic E-state index is 0.567. The van der Waals surface area contributed by atoms with Crippen molar-refractivity contribution in [2.75, 3.05) is 13.1 Å². The molecule has 0 N–H and O–H groups in total.